The second kappa shape index (κ2) is 7.74. The molecule has 1 aromatic rings. The second-order valence-electron chi connectivity index (χ2n) is 5.24. The predicted molar refractivity (Wildman–Crippen MR) is 79.7 cm³/mol. The van der Waals surface area contributed by atoms with Crippen molar-refractivity contribution in [3.8, 4) is 5.75 Å². The van der Waals surface area contributed by atoms with Crippen molar-refractivity contribution in [2.24, 2.45) is 0 Å². The normalized spacial score (nSPS) is 15.3. The van der Waals surface area contributed by atoms with E-state index >= 15 is 0 Å². The molecule has 0 spiro atoms. The molecule has 0 heterocycles. The number of nitro groups is 1. The van der Waals surface area contributed by atoms with Crippen LogP contribution in [0, 0.1) is 10.1 Å². The lowest BCUT2D eigenvalue weighted by Gasteiger charge is -2.21. The van der Waals surface area contributed by atoms with Gasteiger partial charge in [-0.2, -0.15) is 5.48 Å². The Morgan fingerprint density at radius 1 is 1.36 bits per heavy atom. The van der Waals surface area contributed by atoms with Gasteiger partial charge in [0.1, 0.15) is 5.75 Å². The van der Waals surface area contributed by atoms with Crippen molar-refractivity contribution in [1.82, 2.24) is 5.48 Å². The van der Waals surface area contributed by atoms with Crippen LogP contribution in [0.2, 0.25) is 0 Å². The Hall–Kier alpha value is -2.15. The first-order chi connectivity index (χ1) is 10.6. The molecule has 0 saturated heterocycles. The average molecular weight is 308 g/mol. The van der Waals surface area contributed by atoms with Crippen molar-refractivity contribution in [3.05, 3.63) is 33.9 Å². The van der Waals surface area contributed by atoms with Crippen LogP contribution in [0.4, 0.5) is 10.5 Å². The van der Waals surface area contributed by atoms with Crippen LogP contribution in [-0.4, -0.2) is 17.6 Å². The van der Waals surface area contributed by atoms with E-state index in [0.29, 0.717) is 6.61 Å². The van der Waals surface area contributed by atoms with Gasteiger partial charge in [0, 0.05) is 5.56 Å². The minimum atomic E-state index is -0.804. The summed E-state index contributed by atoms with van der Waals surface area (Å²) in [4.78, 5) is 27.0. The monoisotopic (exact) mass is 308 g/mol. The molecule has 22 heavy (non-hydrogen) atoms. The van der Waals surface area contributed by atoms with Crippen LogP contribution >= 0.6 is 0 Å². The van der Waals surface area contributed by atoms with Gasteiger partial charge < -0.3 is 4.74 Å². The van der Waals surface area contributed by atoms with Crippen LogP contribution in [0.5, 0.6) is 5.75 Å². The van der Waals surface area contributed by atoms with Gasteiger partial charge in [0.05, 0.1) is 17.6 Å². The predicted octanol–water partition coefficient (Wildman–Crippen LogP) is 3.68. The molecule has 1 aliphatic rings. The van der Waals surface area contributed by atoms with E-state index in [9.17, 15) is 14.9 Å². The van der Waals surface area contributed by atoms with E-state index in [-0.39, 0.29) is 17.4 Å². The first-order valence-corrected chi connectivity index (χ1v) is 7.49. The number of rotatable bonds is 5. The minimum Gasteiger partial charge on any atom is -0.409 e. The van der Waals surface area contributed by atoms with E-state index in [0.717, 1.165) is 31.2 Å². The third-order valence-electron chi connectivity index (χ3n) is 3.75. The van der Waals surface area contributed by atoms with E-state index in [4.69, 9.17) is 9.57 Å². The molecule has 1 fully saturated rings. The van der Waals surface area contributed by atoms with Gasteiger partial charge in [0.2, 0.25) is 0 Å². The highest BCUT2D eigenvalue weighted by Crippen LogP contribution is 2.38. The number of amides is 1. The maximum absolute atomic E-state index is 11.4. The molecule has 1 saturated carbocycles. The number of carbonyl (C=O) groups is 1. The van der Waals surface area contributed by atoms with Gasteiger partial charge in [-0.1, -0.05) is 19.3 Å². The number of benzene rings is 1. The number of hydrogen-bond acceptors (Lipinski definition) is 5. The van der Waals surface area contributed by atoms with Gasteiger partial charge >= 0.3 is 6.09 Å². The molecule has 7 heteroatoms. The molecule has 0 radical (unpaired) electrons. The number of nitrogens with zero attached hydrogens (tertiary/aromatic N) is 1. The molecule has 120 valence electrons. The minimum absolute atomic E-state index is 0.00797. The lowest BCUT2D eigenvalue weighted by Crippen LogP contribution is -2.26. The van der Waals surface area contributed by atoms with Crippen molar-refractivity contribution in [1.29, 1.82) is 0 Å². The highest BCUT2D eigenvalue weighted by atomic mass is 16.7. The summed E-state index contributed by atoms with van der Waals surface area (Å²) in [6.45, 7) is 2.01. The van der Waals surface area contributed by atoms with Crippen molar-refractivity contribution < 1.29 is 19.3 Å². The van der Waals surface area contributed by atoms with Crippen LogP contribution in [0.15, 0.2) is 18.2 Å². The SMILES string of the molecule is CCONC(=O)Oc1ccc(C2CCCCC2)c([N+](=O)[O-])c1. The summed E-state index contributed by atoms with van der Waals surface area (Å²) in [5.41, 5.74) is 2.81. The standard InChI is InChI=1S/C15H20N2O5/c1-2-21-16-15(18)22-12-8-9-13(14(10-12)17(19)20)11-6-4-3-5-7-11/h8-11H,2-7H2,1H3,(H,16,18). The highest BCUT2D eigenvalue weighted by molar-refractivity contribution is 5.69. The number of ether oxygens (including phenoxy) is 1. The first-order valence-electron chi connectivity index (χ1n) is 7.49. The van der Waals surface area contributed by atoms with Crippen LogP contribution in [-0.2, 0) is 4.84 Å². The fourth-order valence-corrected chi connectivity index (χ4v) is 2.76. The summed E-state index contributed by atoms with van der Waals surface area (Å²) in [7, 11) is 0. The van der Waals surface area contributed by atoms with E-state index < -0.39 is 11.0 Å². The molecule has 1 aromatic carbocycles. The van der Waals surface area contributed by atoms with Crippen molar-refractivity contribution in [2.75, 3.05) is 6.61 Å². The van der Waals surface area contributed by atoms with E-state index in [2.05, 4.69) is 5.48 Å². The van der Waals surface area contributed by atoms with E-state index in [1.807, 2.05) is 0 Å². The van der Waals surface area contributed by atoms with E-state index in [1.165, 1.54) is 12.5 Å². The summed E-state index contributed by atoms with van der Waals surface area (Å²) < 4.78 is 4.97. The van der Waals surface area contributed by atoms with Crippen molar-refractivity contribution >= 4 is 11.8 Å². The molecule has 1 N–H and O–H groups in total. The Labute approximate surface area is 128 Å². The Morgan fingerprint density at radius 2 is 2.09 bits per heavy atom. The van der Waals surface area contributed by atoms with Gasteiger partial charge in [-0.15, -0.1) is 0 Å². The average Bonchev–Trinajstić information content (AvgIpc) is 2.53. The topological polar surface area (TPSA) is 90.7 Å². The molecule has 0 bridgehead atoms. The largest absolute Gasteiger partial charge is 0.436 e. The smallest absolute Gasteiger partial charge is 0.409 e. The molecule has 0 atom stereocenters. The zero-order chi connectivity index (χ0) is 15.9. The molecule has 7 nitrogen and oxygen atoms in total. The summed E-state index contributed by atoms with van der Waals surface area (Å²) in [6.07, 6.45) is 4.50. The fraction of sp³-hybridized carbons (Fsp3) is 0.533. The van der Waals surface area contributed by atoms with Gasteiger partial charge in [0.15, 0.2) is 0 Å². The molecule has 0 aliphatic heterocycles. The Balaban J connectivity index is 2.16. The Morgan fingerprint density at radius 3 is 2.73 bits per heavy atom. The maximum atomic E-state index is 11.4. The van der Waals surface area contributed by atoms with Crippen LogP contribution < -0.4 is 10.2 Å². The quantitative estimate of drug-likeness (QED) is 0.661. The van der Waals surface area contributed by atoms with E-state index in [1.54, 1.807) is 19.1 Å². The number of hydrogen-bond donors (Lipinski definition) is 1. The van der Waals surface area contributed by atoms with Crippen LogP contribution in [0.25, 0.3) is 0 Å². The summed E-state index contributed by atoms with van der Waals surface area (Å²) in [5, 5.41) is 11.3. The van der Waals surface area contributed by atoms with Gasteiger partial charge in [0.25, 0.3) is 5.69 Å². The Bertz CT molecular complexity index is 541. The van der Waals surface area contributed by atoms with Crippen LogP contribution in [0.1, 0.15) is 50.5 Å². The second-order valence-corrected chi connectivity index (χ2v) is 5.24. The molecular weight excluding hydrogens is 288 g/mol. The molecule has 0 unspecified atom stereocenters. The summed E-state index contributed by atoms with van der Waals surface area (Å²) in [5.74, 6) is 0.337. The Kier molecular flexibility index (Phi) is 5.71. The van der Waals surface area contributed by atoms with Crippen molar-refractivity contribution in [3.63, 3.8) is 0 Å². The lowest BCUT2D eigenvalue weighted by atomic mass is 9.83. The third kappa shape index (κ3) is 4.17. The zero-order valence-corrected chi connectivity index (χ0v) is 12.5. The van der Waals surface area contributed by atoms with Crippen LogP contribution in [0.3, 0.4) is 0 Å². The van der Waals surface area contributed by atoms with Gasteiger partial charge in [-0.3, -0.25) is 15.0 Å². The molecule has 1 amide bonds. The molecular formula is C15H20N2O5. The lowest BCUT2D eigenvalue weighted by molar-refractivity contribution is -0.385. The highest BCUT2D eigenvalue weighted by Gasteiger charge is 2.25. The molecule has 2 rings (SSSR count). The number of hydroxylamine groups is 1. The maximum Gasteiger partial charge on any atom is 0.436 e. The van der Waals surface area contributed by atoms with Gasteiger partial charge in [-0.05, 0) is 37.8 Å². The first kappa shape index (κ1) is 16.2. The zero-order valence-electron chi connectivity index (χ0n) is 12.5. The summed E-state index contributed by atoms with van der Waals surface area (Å²) in [6, 6.07) is 4.58. The fourth-order valence-electron chi connectivity index (χ4n) is 2.76. The van der Waals surface area contributed by atoms with Crippen molar-refractivity contribution in [2.45, 2.75) is 44.9 Å². The number of nitro benzene ring substituents is 1. The van der Waals surface area contributed by atoms with Gasteiger partial charge in [-0.25, -0.2) is 4.79 Å². The summed E-state index contributed by atoms with van der Waals surface area (Å²) >= 11 is 0. The molecule has 0 aromatic heterocycles. The number of carbonyl (C=O) groups excluding carboxylic acids is 1. The number of nitrogens with one attached hydrogen (secondary N) is 1. The molecule has 1 aliphatic carbocycles. The third-order valence-corrected chi connectivity index (χ3v) is 3.75.